The Bertz CT molecular complexity index is 540. The minimum atomic E-state index is 0.430. The molecule has 2 rings (SSSR count). The van der Waals surface area contributed by atoms with Gasteiger partial charge in [-0.1, -0.05) is 37.6 Å². The molecule has 0 amide bonds. The molecule has 20 heavy (non-hydrogen) atoms. The minimum Gasteiger partial charge on any atom is -0.488 e. The standard InChI is InChI=1S/C16H19ClN2O/c1-12(2)19-10-14-9-18-8-7-16(14)20-11-13-3-5-15(17)6-4-13/h3-9,12,19H,10-11H2,1-2H3. The lowest BCUT2D eigenvalue weighted by atomic mass is 10.2. The van der Waals surface area contributed by atoms with E-state index in [0.717, 1.165) is 28.4 Å². The molecule has 0 radical (unpaired) electrons. The average Bonchev–Trinajstić information content (AvgIpc) is 2.45. The van der Waals surface area contributed by atoms with Crippen molar-refractivity contribution in [1.82, 2.24) is 10.3 Å². The van der Waals surface area contributed by atoms with E-state index < -0.39 is 0 Å². The number of benzene rings is 1. The summed E-state index contributed by atoms with van der Waals surface area (Å²) in [7, 11) is 0. The first kappa shape index (κ1) is 14.8. The first-order valence-corrected chi connectivity index (χ1v) is 7.06. The molecule has 0 spiro atoms. The molecular weight excluding hydrogens is 272 g/mol. The molecule has 3 nitrogen and oxygen atoms in total. The van der Waals surface area contributed by atoms with Crippen molar-refractivity contribution in [2.24, 2.45) is 0 Å². The second-order valence-corrected chi connectivity index (χ2v) is 5.37. The lowest BCUT2D eigenvalue weighted by Gasteiger charge is -2.13. The summed E-state index contributed by atoms with van der Waals surface area (Å²) in [5, 5.41) is 4.11. The van der Waals surface area contributed by atoms with Crippen molar-refractivity contribution < 1.29 is 4.74 Å². The zero-order valence-electron chi connectivity index (χ0n) is 11.8. The topological polar surface area (TPSA) is 34.2 Å². The molecule has 0 saturated carbocycles. The van der Waals surface area contributed by atoms with Gasteiger partial charge in [0, 0.05) is 35.6 Å². The molecule has 0 saturated heterocycles. The van der Waals surface area contributed by atoms with Crippen LogP contribution in [0.5, 0.6) is 5.75 Å². The highest BCUT2D eigenvalue weighted by molar-refractivity contribution is 6.30. The summed E-state index contributed by atoms with van der Waals surface area (Å²) in [4.78, 5) is 4.15. The smallest absolute Gasteiger partial charge is 0.127 e. The third-order valence-electron chi connectivity index (χ3n) is 2.87. The molecule has 0 atom stereocenters. The number of halogens is 1. The largest absolute Gasteiger partial charge is 0.488 e. The fourth-order valence-corrected chi connectivity index (χ4v) is 1.87. The van der Waals surface area contributed by atoms with Gasteiger partial charge in [0.05, 0.1) is 0 Å². The molecule has 2 aromatic rings. The van der Waals surface area contributed by atoms with Crippen LogP contribution >= 0.6 is 11.6 Å². The van der Waals surface area contributed by atoms with Crippen LogP contribution in [0, 0.1) is 0 Å². The van der Waals surface area contributed by atoms with Crippen LogP contribution in [0.15, 0.2) is 42.7 Å². The normalized spacial score (nSPS) is 10.8. The monoisotopic (exact) mass is 290 g/mol. The fraction of sp³-hybridized carbons (Fsp3) is 0.312. The zero-order valence-corrected chi connectivity index (χ0v) is 12.5. The average molecular weight is 291 g/mol. The Morgan fingerprint density at radius 2 is 1.95 bits per heavy atom. The van der Waals surface area contributed by atoms with E-state index in [1.165, 1.54) is 0 Å². The van der Waals surface area contributed by atoms with E-state index in [1.54, 1.807) is 6.20 Å². The van der Waals surface area contributed by atoms with Crippen molar-refractivity contribution in [1.29, 1.82) is 0 Å². The van der Waals surface area contributed by atoms with Crippen molar-refractivity contribution in [3.8, 4) is 5.75 Å². The lowest BCUT2D eigenvalue weighted by molar-refractivity contribution is 0.301. The molecule has 0 aliphatic heterocycles. The van der Waals surface area contributed by atoms with Crippen molar-refractivity contribution in [2.45, 2.75) is 33.0 Å². The van der Waals surface area contributed by atoms with Crippen molar-refractivity contribution in [3.05, 3.63) is 58.9 Å². The van der Waals surface area contributed by atoms with Crippen LogP contribution in [0.2, 0.25) is 5.02 Å². The maximum Gasteiger partial charge on any atom is 0.127 e. The maximum atomic E-state index is 5.87. The molecule has 0 bridgehead atoms. The van der Waals surface area contributed by atoms with Gasteiger partial charge in [-0.3, -0.25) is 4.98 Å². The first-order chi connectivity index (χ1) is 9.65. The number of hydrogen-bond acceptors (Lipinski definition) is 3. The number of ether oxygens (including phenoxy) is 1. The van der Waals surface area contributed by atoms with Gasteiger partial charge in [-0.15, -0.1) is 0 Å². The lowest BCUT2D eigenvalue weighted by Crippen LogP contribution is -2.22. The van der Waals surface area contributed by atoms with Crippen LogP contribution in [0.1, 0.15) is 25.0 Å². The zero-order chi connectivity index (χ0) is 14.4. The van der Waals surface area contributed by atoms with Gasteiger partial charge in [-0.25, -0.2) is 0 Å². The highest BCUT2D eigenvalue weighted by atomic mass is 35.5. The number of rotatable bonds is 6. The van der Waals surface area contributed by atoms with Crippen molar-refractivity contribution in [2.75, 3.05) is 0 Å². The van der Waals surface area contributed by atoms with E-state index >= 15 is 0 Å². The van der Waals surface area contributed by atoms with Crippen LogP contribution in [-0.2, 0) is 13.2 Å². The minimum absolute atomic E-state index is 0.430. The van der Waals surface area contributed by atoms with Gasteiger partial charge in [0.2, 0.25) is 0 Å². The second-order valence-electron chi connectivity index (χ2n) is 4.93. The van der Waals surface area contributed by atoms with Gasteiger partial charge in [0.15, 0.2) is 0 Å². The summed E-state index contributed by atoms with van der Waals surface area (Å²) in [6.45, 7) is 5.51. The van der Waals surface area contributed by atoms with E-state index in [0.29, 0.717) is 12.6 Å². The van der Waals surface area contributed by atoms with Gasteiger partial charge in [-0.2, -0.15) is 0 Å². The van der Waals surface area contributed by atoms with Gasteiger partial charge < -0.3 is 10.1 Å². The highest BCUT2D eigenvalue weighted by Gasteiger charge is 2.05. The summed E-state index contributed by atoms with van der Waals surface area (Å²) in [5.74, 6) is 0.864. The van der Waals surface area contributed by atoms with Crippen LogP contribution < -0.4 is 10.1 Å². The van der Waals surface area contributed by atoms with Crippen LogP contribution in [0.25, 0.3) is 0 Å². The number of aromatic nitrogens is 1. The maximum absolute atomic E-state index is 5.87. The van der Waals surface area contributed by atoms with E-state index in [4.69, 9.17) is 16.3 Å². The SMILES string of the molecule is CC(C)NCc1cnccc1OCc1ccc(Cl)cc1. The summed E-state index contributed by atoms with van der Waals surface area (Å²) < 4.78 is 5.87. The van der Waals surface area contributed by atoms with Crippen molar-refractivity contribution in [3.63, 3.8) is 0 Å². The Morgan fingerprint density at radius 3 is 2.65 bits per heavy atom. The van der Waals surface area contributed by atoms with E-state index in [9.17, 15) is 0 Å². The molecule has 0 aliphatic rings. The highest BCUT2D eigenvalue weighted by Crippen LogP contribution is 2.19. The molecule has 1 heterocycles. The molecule has 106 valence electrons. The predicted octanol–water partition coefficient (Wildman–Crippen LogP) is 3.81. The fourth-order valence-electron chi connectivity index (χ4n) is 1.74. The Labute approximate surface area is 124 Å². The van der Waals surface area contributed by atoms with Gasteiger partial charge in [0.25, 0.3) is 0 Å². The Hall–Kier alpha value is -1.58. The molecule has 4 heteroatoms. The quantitative estimate of drug-likeness (QED) is 0.878. The number of nitrogens with one attached hydrogen (secondary N) is 1. The van der Waals surface area contributed by atoms with Gasteiger partial charge >= 0.3 is 0 Å². The van der Waals surface area contributed by atoms with E-state index in [2.05, 4.69) is 24.1 Å². The van der Waals surface area contributed by atoms with Crippen LogP contribution in [0.3, 0.4) is 0 Å². The molecule has 0 aliphatic carbocycles. The summed E-state index contributed by atoms with van der Waals surface area (Å²) in [6, 6.07) is 10.00. The van der Waals surface area contributed by atoms with E-state index in [-0.39, 0.29) is 0 Å². The molecule has 0 unspecified atom stereocenters. The van der Waals surface area contributed by atoms with E-state index in [1.807, 2.05) is 36.5 Å². The van der Waals surface area contributed by atoms with Crippen LogP contribution in [0.4, 0.5) is 0 Å². The third-order valence-corrected chi connectivity index (χ3v) is 3.12. The second kappa shape index (κ2) is 7.27. The molecule has 0 fully saturated rings. The molecule has 1 aromatic carbocycles. The predicted molar refractivity (Wildman–Crippen MR) is 82.0 cm³/mol. The van der Waals surface area contributed by atoms with Crippen molar-refractivity contribution >= 4 is 11.6 Å². The molecule has 1 aromatic heterocycles. The Balaban J connectivity index is 1.99. The number of hydrogen-bond donors (Lipinski definition) is 1. The number of nitrogens with zero attached hydrogens (tertiary/aromatic N) is 1. The van der Waals surface area contributed by atoms with Crippen LogP contribution in [-0.4, -0.2) is 11.0 Å². The summed E-state index contributed by atoms with van der Waals surface area (Å²) in [6.07, 6.45) is 3.59. The third kappa shape index (κ3) is 4.51. The Kier molecular flexibility index (Phi) is 5.39. The first-order valence-electron chi connectivity index (χ1n) is 6.68. The summed E-state index contributed by atoms with van der Waals surface area (Å²) in [5.41, 5.74) is 2.16. The molecular formula is C16H19ClN2O. The Morgan fingerprint density at radius 1 is 1.20 bits per heavy atom. The molecule has 1 N–H and O–H groups in total. The van der Waals surface area contributed by atoms with Gasteiger partial charge in [0.1, 0.15) is 12.4 Å². The number of pyridine rings is 1. The summed E-state index contributed by atoms with van der Waals surface area (Å²) >= 11 is 5.87. The van der Waals surface area contributed by atoms with Gasteiger partial charge in [-0.05, 0) is 23.8 Å².